The number of hydrogen-bond donors (Lipinski definition) is 3. The lowest BCUT2D eigenvalue weighted by Crippen LogP contribution is -2.34. The summed E-state index contributed by atoms with van der Waals surface area (Å²) in [5.41, 5.74) is 0. The minimum Gasteiger partial charge on any atom is -0.463 e. The van der Waals surface area contributed by atoms with E-state index in [1.54, 1.807) is 0 Å². The first-order valence-corrected chi connectivity index (χ1v) is 12.8. The quantitative estimate of drug-likeness (QED) is 0.227. The van der Waals surface area contributed by atoms with E-state index in [1.165, 1.54) is 57.8 Å². The van der Waals surface area contributed by atoms with Gasteiger partial charge in [-0.3, -0.25) is 4.79 Å². The van der Waals surface area contributed by atoms with E-state index in [0.29, 0.717) is 12.3 Å². The van der Waals surface area contributed by atoms with Crippen LogP contribution in [0.5, 0.6) is 0 Å². The van der Waals surface area contributed by atoms with Crippen LogP contribution in [0.2, 0.25) is 0 Å². The number of rotatable bonds is 20. The molecule has 6 nitrogen and oxygen atoms in total. The van der Waals surface area contributed by atoms with Crippen LogP contribution in [0.1, 0.15) is 112 Å². The minimum atomic E-state index is -1.27. The van der Waals surface area contributed by atoms with Crippen LogP contribution < -0.4 is 0 Å². The minimum absolute atomic E-state index is 0. The Hall–Kier alpha value is -0.690. The average molecular weight is 463 g/mol. The molecule has 0 aromatic carbocycles. The maximum atomic E-state index is 11.7. The van der Waals surface area contributed by atoms with Crippen LogP contribution in [-0.4, -0.2) is 52.2 Å². The molecule has 0 amide bonds. The number of carbonyl (C=O) groups excluding carboxylic acids is 1. The van der Waals surface area contributed by atoms with Gasteiger partial charge in [0.1, 0.15) is 18.8 Å². The molecular weight excluding hydrogens is 408 g/mol. The highest BCUT2D eigenvalue weighted by molar-refractivity contribution is 5.69. The van der Waals surface area contributed by atoms with Crippen molar-refractivity contribution in [2.75, 3.05) is 13.2 Å². The molecule has 0 heterocycles. The summed E-state index contributed by atoms with van der Waals surface area (Å²) in [4.78, 5) is 11.7. The zero-order chi connectivity index (χ0) is 23.6. The first kappa shape index (κ1) is 33.5. The van der Waals surface area contributed by atoms with Crippen molar-refractivity contribution >= 4 is 5.97 Å². The van der Waals surface area contributed by atoms with Gasteiger partial charge in [-0.25, -0.2) is 0 Å². The van der Waals surface area contributed by atoms with Crippen LogP contribution in [0.3, 0.4) is 0 Å². The Kier molecular flexibility index (Phi) is 21.9. The van der Waals surface area contributed by atoms with Gasteiger partial charge in [-0.1, -0.05) is 98.8 Å². The number of carbonyl (C=O) groups is 1. The molecule has 0 spiro atoms. The number of ether oxygens (including phenoxy) is 1. The average Bonchev–Trinajstić information content (AvgIpc) is 2.71. The molecule has 0 aromatic rings. The van der Waals surface area contributed by atoms with E-state index in [1.807, 2.05) is 0 Å². The normalized spacial score (nSPS) is 16.2. The second-order valence-electron chi connectivity index (χ2n) is 10.4. The molecule has 0 rings (SSSR count). The first-order chi connectivity index (χ1) is 14.6. The molecular formula is C26H54O6. The van der Waals surface area contributed by atoms with E-state index in [-0.39, 0.29) is 18.1 Å². The lowest BCUT2D eigenvalue weighted by molar-refractivity contribution is -0.149. The zero-order valence-electron chi connectivity index (χ0n) is 21.5. The summed E-state index contributed by atoms with van der Waals surface area (Å²) in [5.74, 6) is 2.73. The highest BCUT2D eigenvalue weighted by Crippen LogP contribution is 2.23. The summed E-state index contributed by atoms with van der Waals surface area (Å²) in [6.45, 7) is 10.8. The third-order valence-corrected chi connectivity index (χ3v) is 6.39. The van der Waals surface area contributed by atoms with Gasteiger partial charge in [0.2, 0.25) is 0 Å². The summed E-state index contributed by atoms with van der Waals surface area (Å²) in [5, 5.41) is 27.4. The van der Waals surface area contributed by atoms with Crippen molar-refractivity contribution in [3.8, 4) is 0 Å². The Labute approximate surface area is 197 Å². The maximum absolute atomic E-state index is 11.7. The van der Waals surface area contributed by atoms with E-state index in [2.05, 4.69) is 34.6 Å². The molecule has 6 heteroatoms. The summed E-state index contributed by atoms with van der Waals surface area (Å²) >= 11 is 0. The fourth-order valence-electron chi connectivity index (χ4n) is 4.02. The van der Waals surface area contributed by atoms with E-state index in [4.69, 9.17) is 9.84 Å². The topological polar surface area (TPSA) is 118 Å². The van der Waals surface area contributed by atoms with Crippen molar-refractivity contribution in [1.82, 2.24) is 0 Å². The number of aliphatic hydroxyl groups is 3. The van der Waals surface area contributed by atoms with E-state index in [0.717, 1.165) is 30.6 Å². The summed E-state index contributed by atoms with van der Waals surface area (Å²) in [6, 6.07) is 0. The fourth-order valence-corrected chi connectivity index (χ4v) is 4.02. The molecule has 194 valence electrons. The van der Waals surface area contributed by atoms with Gasteiger partial charge in [0.05, 0.1) is 6.61 Å². The molecule has 0 radical (unpaired) electrons. The lowest BCUT2D eigenvalue weighted by atomic mass is 9.90. The third kappa shape index (κ3) is 20.0. The summed E-state index contributed by atoms with van der Waals surface area (Å²) in [6.07, 6.45) is 11.5. The van der Waals surface area contributed by atoms with Gasteiger partial charge in [-0.15, -0.1) is 0 Å². The van der Waals surface area contributed by atoms with Crippen LogP contribution in [0.15, 0.2) is 0 Å². The molecule has 0 aliphatic rings. The zero-order valence-corrected chi connectivity index (χ0v) is 21.5. The number of esters is 1. The summed E-state index contributed by atoms with van der Waals surface area (Å²) in [7, 11) is 0. The highest BCUT2D eigenvalue weighted by atomic mass is 16.5. The molecule has 0 fully saturated rings. The second-order valence-corrected chi connectivity index (χ2v) is 10.4. The van der Waals surface area contributed by atoms with Crippen molar-refractivity contribution in [2.24, 2.45) is 23.7 Å². The van der Waals surface area contributed by atoms with E-state index < -0.39 is 18.8 Å². The molecule has 5 N–H and O–H groups in total. The molecule has 0 aromatic heterocycles. The maximum Gasteiger partial charge on any atom is 0.305 e. The molecule has 0 saturated heterocycles. The monoisotopic (exact) mass is 462 g/mol. The Balaban J connectivity index is 0. The molecule has 0 aliphatic carbocycles. The predicted molar refractivity (Wildman–Crippen MR) is 131 cm³/mol. The van der Waals surface area contributed by atoms with E-state index in [9.17, 15) is 15.0 Å². The first-order valence-electron chi connectivity index (χ1n) is 12.8. The van der Waals surface area contributed by atoms with Crippen LogP contribution >= 0.6 is 0 Å². The van der Waals surface area contributed by atoms with Crippen molar-refractivity contribution < 1.29 is 30.3 Å². The van der Waals surface area contributed by atoms with Gasteiger partial charge in [0, 0.05) is 6.42 Å². The standard InChI is InChI=1S/C26H52O5.H2O/c1-20(2)10-6-11-21(3)12-7-13-22(4)14-8-15-23(5)16-9-17-26(30)31-19-25(29)24(28)18-27;/h20-25,27-29H,6-19H2,1-5H3;1H2/t21?,22?,23?,24-,25+;/m1./s1. The van der Waals surface area contributed by atoms with Gasteiger partial charge in [-0.2, -0.15) is 0 Å². The van der Waals surface area contributed by atoms with Crippen LogP contribution in [0, 0.1) is 23.7 Å². The predicted octanol–water partition coefficient (Wildman–Crippen LogP) is 4.66. The Morgan fingerprint density at radius 3 is 1.50 bits per heavy atom. The van der Waals surface area contributed by atoms with Gasteiger partial charge >= 0.3 is 5.97 Å². The molecule has 0 aliphatic heterocycles. The highest BCUT2D eigenvalue weighted by Gasteiger charge is 2.17. The Morgan fingerprint density at radius 2 is 1.09 bits per heavy atom. The van der Waals surface area contributed by atoms with Crippen LogP contribution in [-0.2, 0) is 9.53 Å². The van der Waals surface area contributed by atoms with Crippen molar-refractivity contribution in [3.63, 3.8) is 0 Å². The number of hydrogen-bond acceptors (Lipinski definition) is 5. The van der Waals surface area contributed by atoms with Gasteiger partial charge < -0.3 is 25.5 Å². The summed E-state index contributed by atoms with van der Waals surface area (Å²) < 4.78 is 4.95. The van der Waals surface area contributed by atoms with E-state index >= 15 is 0 Å². The van der Waals surface area contributed by atoms with Crippen molar-refractivity contribution in [2.45, 2.75) is 124 Å². The fraction of sp³-hybridized carbons (Fsp3) is 0.962. The molecule has 0 bridgehead atoms. The largest absolute Gasteiger partial charge is 0.463 e. The lowest BCUT2D eigenvalue weighted by Gasteiger charge is -2.17. The number of aliphatic hydroxyl groups excluding tert-OH is 3. The molecule has 3 unspecified atom stereocenters. The van der Waals surface area contributed by atoms with Crippen LogP contribution in [0.4, 0.5) is 0 Å². The SMILES string of the molecule is CC(C)CCCC(C)CCCC(C)CCCC(C)CCCC(=O)OC[C@H](O)[C@H](O)CO.O. The molecule has 5 atom stereocenters. The van der Waals surface area contributed by atoms with Gasteiger partial charge in [-0.05, 0) is 30.1 Å². The van der Waals surface area contributed by atoms with Crippen molar-refractivity contribution in [1.29, 1.82) is 0 Å². The second kappa shape index (κ2) is 20.9. The Bertz CT molecular complexity index is 429. The van der Waals surface area contributed by atoms with Gasteiger partial charge in [0.15, 0.2) is 0 Å². The van der Waals surface area contributed by atoms with Crippen molar-refractivity contribution in [3.05, 3.63) is 0 Å². The molecule has 32 heavy (non-hydrogen) atoms. The smallest absolute Gasteiger partial charge is 0.305 e. The van der Waals surface area contributed by atoms with Gasteiger partial charge in [0.25, 0.3) is 0 Å². The third-order valence-electron chi connectivity index (χ3n) is 6.39. The van der Waals surface area contributed by atoms with Crippen LogP contribution in [0.25, 0.3) is 0 Å². The Morgan fingerprint density at radius 1 is 0.688 bits per heavy atom. The molecule has 0 saturated carbocycles.